The average molecular weight is 514 g/mol. The molecule has 0 N–H and O–H groups in total. The van der Waals surface area contributed by atoms with Crippen LogP contribution in [0.1, 0.15) is 38.2 Å². The van der Waals surface area contributed by atoms with Crippen molar-refractivity contribution < 1.29 is 17.6 Å². The van der Waals surface area contributed by atoms with Crippen LogP contribution in [0.5, 0.6) is 0 Å². The molecule has 1 amide bonds. The highest BCUT2D eigenvalue weighted by Gasteiger charge is 2.32. The lowest BCUT2D eigenvalue weighted by Crippen LogP contribution is -2.40. The SMILES string of the molecule is C#CCn1c(=NC(=O)C2CCN(S(=O)(=O)c3ccc(F)cc3)CC2)sc2cc(CCCC)ccc21. The summed E-state index contributed by atoms with van der Waals surface area (Å²) in [6, 6.07) is 11.1. The Balaban J connectivity index is 1.52. The van der Waals surface area contributed by atoms with E-state index in [-0.39, 0.29) is 29.8 Å². The molecule has 4 rings (SSSR count). The van der Waals surface area contributed by atoms with Gasteiger partial charge in [0.05, 0.1) is 21.7 Å². The average Bonchev–Trinajstić information content (AvgIpc) is 3.19. The molecule has 2 aromatic carbocycles. The van der Waals surface area contributed by atoms with Crippen molar-refractivity contribution in [3.8, 4) is 12.3 Å². The molecule has 0 radical (unpaired) electrons. The van der Waals surface area contributed by atoms with E-state index in [4.69, 9.17) is 6.42 Å². The van der Waals surface area contributed by atoms with Crippen LogP contribution in [0.25, 0.3) is 10.2 Å². The molecule has 0 unspecified atom stereocenters. The summed E-state index contributed by atoms with van der Waals surface area (Å²) in [4.78, 5) is 18.1. The molecule has 1 aromatic heterocycles. The van der Waals surface area contributed by atoms with Gasteiger partial charge in [-0.15, -0.1) is 6.42 Å². The van der Waals surface area contributed by atoms with Gasteiger partial charge in [-0.1, -0.05) is 36.7 Å². The number of terminal acetylenes is 1. The Morgan fingerprint density at radius 3 is 2.57 bits per heavy atom. The number of benzene rings is 2. The van der Waals surface area contributed by atoms with Gasteiger partial charge in [0.2, 0.25) is 10.0 Å². The number of carbonyl (C=O) groups excluding carboxylic acids is 1. The van der Waals surface area contributed by atoms with E-state index in [0.717, 1.165) is 41.6 Å². The molecule has 0 saturated carbocycles. The predicted octanol–water partition coefficient (Wildman–Crippen LogP) is 4.35. The minimum absolute atomic E-state index is 0.0484. The summed E-state index contributed by atoms with van der Waals surface area (Å²) in [5.74, 6) is 1.54. The van der Waals surface area contributed by atoms with Crippen LogP contribution < -0.4 is 4.80 Å². The van der Waals surface area contributed by atoms with Crippen LogP contribution in [0.2, 0.25) is 0 Å². The molecule has 3 aromatic rings. The summed E-state index contributed by atoms with van der Waals surface area (Å²) in [5, 5.41) is 0. The number of carbonyl (C=O) groups is 1. The topological polar surface area (TPSA) is 71.7 Å². The first-order valence-electron chi connectivity index (χ1n) is 11.7. The number of thiazole rings is 1. The maximum Gasteiger partial charge on any atom is 0.251 e. The highest BCUT2D eigenvalue weighted by molar-refractivity contribution is 7.89. The number of rotatable bonds is 7. The van der Waals surface area contributed by atoms with Gasteiger partial charge in [0.1, 0.15) is 5.82 Å². The first kappa shape index (κ1) is 25.3. The van der Waals surface area contributed by atoms with E-state index in [1.165, 1.54) is 33.3 Å². The number of fused-ring (bicyclic) bond motifs is 1. The Morgan fingerprint density at radius 2 is 1.91 bits per heavy atom. The van der Waals surface area contributed by atoms with Crippen LogP contribution in [0.3, 0.4) is 0 Å². The van der Waals surface area contributed by atoms with Gasteiger partial charge < -0.3 is 4.57 Å². The third-order valence-electron chi connectivity index (χ3n) is 6.28. The van der Waals surface area contributed by atoms with E-state index in [2.05, 4.69) is 30.0 Å². The van der Waals surface area contributed by atoms with Crippen molar-refractivity contribution in [3.05, 3.63) is 58.6 Å². The quantitative estimate of drug-likeness (QED) is 0.441. The fourth-order valence-corrected chi connectivity index (χ4v) is 6.84. The monoisotopic (exact) mass is 513 g/mol. The Morgan fingerprint density at radius 1 is 1.20 bits per heavy atom. The van der Waals surface area contributed by atoms with Crippen molar-refractivity contribution in [3.63, 3.8) is 0 Å². The van der Waals surface area contributed by atoms with E-state index >= 15 is 0 Å². The van der Waals surface area contributed by atoms with Crippen LogP contribution in [-0.2, 0) is 27.8 Å². The zero-order valence-corrected chi connectivity index (χ0v) is 21.2. The van der Waals surface area contributed by atoms with Crippen LogP contribution >= 0.6 is 11.3 Å². The number of halogens is 1. The van der Waals surface area contributed by atoms with E-state index in [0.29, 0.717) is 24.2 Å². The number of hydrogen-bond acceptors (Lipinski definition) is 4. The molecule has 0 aliphatic carbocycles. The molecule has 0 bridgehead atoms. The number of amides is 1. The van der Waals surface area contributed by atoms with Crippen LogP contribution in [0, 0.1) is 24.1 Å². The highest BCUT2D eigenvalue weighted by Crippen LogP contribution is 2.25. The van der Waals surface area contributed by atoms with Crippen LogP contribution in [-0.4, -0.2) is 36.3 Å². The molecular weight excluding hydrogens is 485 g/mol. The highest BCUT2D eigenvalue weighted by atomic mass is 32.2. The molecule has 1 aliphatic heterocycles. The molecule has 1 fully saturated rings. The molecule has 2 heterocycles. The van der Waals surface area contributed by atoms with E-state index in [9.17, 15) is 17.6 Å². The maximum absolute atomic E-state index is 13.2. The fourth-order valence-electron chi connectivity index (χ4n) is 4.27. The Labute approximate surface area is 209 Å². The second-order valence-corrected chi connectivity index (χ2v) is 11.6. The smallest absolute Gasteiger partial charge is 0.251 e. The number of piperidine rings is 1. The van der Waals surface area contributed by atoms with Gasteiger partial charge in [0, 0.05) is 19.0 Å². The summed E-state index contributed by atoms with van der Waals surface area (Å²) < 4.78 is 43.2. The first-order chi connectivity index (χ1) is 16.8. The second-order valence-electron chi connectivity index (χ2n) is 8.66. The molecule has 6 nitrogen and oxygen atoms in total. The van der Waals surface area contributed by atoms with Gasteiger partial charge in [-0.05, 0) is 67.6 Å². The third kappa shape index (κ3) is 5.56. The lowest BCUT2D eigenvalue weighted by atomic mass is 9.98. The zero-order valence-electron chi connectivity index (χ0n) is 19.6. The third-order valence-corrected chi connectivity index (χ3v) is 9.23. The van der Waals surface area contributed by atoms with Gasteiger partial charge in [0.15, 0.2) is 4.80 Å². The Kier molecular flexibility index (Phi) is 7.85. The molecular formula is C26H28FN3O3S2. The van der Waals surface area contributed by atoms with Gasteiger partial charge in [-0.2, -0.15) is 9.30 Å². The number of unbranched alkanes of at least 4 members (excludes halogenated alkanes) is 1. The van der Waals surface area contributed by atoms with Gasteiger partial charge in [-0.3, -0.25) is 4.79 Å². The Hall–Kier alpha value is -2.80. The molecule has 9 heteroatoms. The molecule has 35 heavy (non-hydrogen) atoms. The summed E-state index contributed by atoms with van der Waals surface area (Å²) in [7, 11) is -3.73. The van der Waals surface area contributed by atoms with Crippen molar-refractivity contribution >= 4 is 37.5 Å². The van der Waals surface area contributed by atoms with Crippen LogP contribution in [0.15, 0.2) is 52.4 Å². The summed E-state index contributed by atoms with van der Waals surface area (Å²) in [5.41, 5.74) is 2.21. The molecule has 1 saturated heterocycles. The summed E-state index contributed by atoms with van der Waals surface area (Å²) in [6.45, 7) is 2.90. The molecule has 184 valence electrons. The fraction of sp³-hybridized carbons (Fsp3) is 0.385. The molecule has 0 spiro atoms. The van der Waals surface area contributed by atoms with Gasteiger partial charge in [0.25, 0.3) is 5.91 Å². The lowest BCUT2D eigenvalue weighted by molar-refractivity contribution is -0.122. The second kappa shape index (κ2) is 10.9. The molecule has 0 atom stereocenters. The number of hydrogen-bond donors (Lipinski definition) is 0. The standard InChI is InChI=1S/C26H28FN3O3S2/c1-3-5-6-19-7-12-23-24(18-19)34-26(30(23)15-4-2)28-25(31)20-13-16-29(17-14-20)35(32,33)22-10-8-21(27)9-11-22/h2,7-12,18,20H,3,5-6,13-17H2,1H3. The van der Waals surface area contributed by atoms with Gasteiger partial charge in [-0.25, -0.2) is 12.8 Å². The minimum Gasteiger partial charge on any atom is -0.305 e. The summed E-state index contributed by atoms with van der Waals surface area (Å²) >= 11 is 1.45. The van der Waals surface area contributed by atoms with E-state index in [1.807, 2.05) is 10.6 Å². The van der Waals surface area contributed by atoms with Crippen molar-refractivity contribution in [1.82, 2.24) is 8.87 Å². The normalized spacial score (nSPS) is 16.0. The summed E-state index contributed by atoms with van der Waals surface area (Å²) in [6.07, 6.45) is 9.59. The number of sulfonamides is 1. The first-order valence-corrected chi connectivity index (χ1v) is 14.0. The number of aryl methyl sites for hydroxylation is 1. The molecule has 1 aliphatic rings. The number of nitrogens with zero attached hydrogens (tertiary/aromatic N) is 3. The maximum atomic E-state index is 13.2. The van der Waals surface area contributed by atoms with E-state index < -0.39 is 15.8 Å². The minimum atomic E-state index is -3.73. The van der Waals surface area contributed by atoms with Gasteiger partial charge >= 0.3 is 0 Å². The van der Waals surface area contributed by atoms with Crippen molar-refractivity contribution in [2.24, 2.45) is 10.9 Å². The number of aromatic nitrogens is 1. The Bertz CT molecular complexity index is 1430. The predicted molar refractivity (Wildman–Crippen MR) is 136 cm³/mol. The largest absolute Gasteiger partial charge is 0.305 e. The lowest BCUT2D eigenvalue weighted by Gasteiger charge is -2.29. The van der Waals surface area contributed by atoms with Crippen molar-refractivity contribution in [1.29, 1.82) is 0 Å². The van der Waals surface area contributed by atoms with Crippen LogP contribution in [0.4, 0.5) is 4.39 Å². The zero-order chi connectivity index (χ0) is 25.0. The van der Waals surface area contributed by atoms with E-state index in [1.54, 1.807) is 0 Å². The van der Waals surface area contributed by atoms with Crippen molar-refractivity contribution in [2.75, 3.05) is 13.1 Å². The van der Waals surface area contributed by atoms with Crippen molar-refractivity contribution in [2.45, 2.75) is 50.5 Å².